The monoisotopic (exact) mass is 211 g/mol. The summed E-state index contributed by atoms with van der Waals surface area (Å²) < 4.78 is 0. The fourth-order valence-corrected chi connectivity index (χ4v) is 1.99. The Balaban J connectivity index is 2.57. The molecule has 14 heavy (non-hydrogen) atoms. The van der Waals surface area contributed by atoms with Gasteiger partial charge in [-0.15, -0.1) is 11.8 Å². The highest BCUT2D eigenvalue weighted by molar-refractivity contribution is 8.00. The fraction of sp³-hybridized carbons (Fsp3) is 0.300. The number of carboxylic acids is 1. The van der Waals surface area contributed by atoms with E-state index in [2.05, 4.69) is 0 Å². The van der Waals surface area contributed by atoms with E-state index in [1.807, 2.05) is 37.3 Å². The van der Waals surface area contributed by atoms with Gasteiger partial charge in [-0.1, -0.05) is 25.1 Å². The molecular formula is C10H13NO2S. The summed E-state index contributed by atoms with van der Waals surface area (Å²) >= 11 is 1.47. The van der Waals surface area contributed by atoms with Crippen LogP contribution in [0.3, 0.4) is 0 Å². The third-order valence-corrected chi connectivity index (χ3v) is 3.07. The number of nitrogens with two attached hydrogens (primary N) is 1. The molecule has 0 aliphatic rings. The molecule has 3 N–H and O–H groups in total. The van der Waals surface area contributed by atoms with Gasteiger partial charge in [0.15, 0.2) is 0 Å². The summed E-state index contributed by atoms with van der Waals surface area (Å²) in [5.41, 5.74) is 5.49. The maximum absolute atomic E-state index is 10.6. The lowest BCUT2D eigenvalue weighted by Crippen LogP contribution is -2.38. The first-order valence-electron chi connectivity index (χ1n) is 4.31. The first kappa shape index (κ1) is 11.1. The molecule has 2 atom stereocenters. The lowest BCUT2D eigenvalue weighted by Gasteiger charge is -2.14. The average Bonchev–Trinajstić information content (AvgIpc) is 2.18. The second kappa shape index (κ2) is 5.02. The summed E-state index contributed by atoms with van der Waals surface area (Å²) in [5, 5.41) is 8.56. The number of benzene rings is 1. The Bertz CT molecular complexity index is 302. The average molecular weight is 211 g/mol. The van der Waals surface area contributed by atoms with Gasteiger partial charge in [-0.3, -0.25) is 4.79 Å². The van der Waals surface area contributed by atoms with Crippen molar-refractivity contribution in [1.29, 1.82) is 0 Å². The molecule has 0 aliphatic carbocycles. The van der Waals surface area contributed by atoms with E-state index in [1.165, 1.54) is 11.8 Å². The number of carboxylic acid groups (broad SMARTS) is 1. The van der Waals surface area contributed by atoms with Crippen LogP contribution in [0.4, 0.5) is 0 Å². The lowest BCUT2D eigenvalue weighted by molar-refractivity contribution is -0.138. The Morgan fingerprint density at radius 3 is 2.50 bits per heavy atom. The SMILES string of the molecule is C[C@@H](Sc1ccccc1)[C@H](N)C(=O)O. The highest BCUT2D eigenvalue weighted by atomic mass is 32.2. The van der Waals surface area contributed by atoms with Gasteiger partial charge in [0.25, 0.3) is 0 Å². The molecular weight excluding hydrogens is 198 g/mol. The van der Waals surface area contributed by atoms with Gasteiger partial charge in [0.05, 0.1) is 0 Å². The molecule has 0 saturated carbocycles. The van der Waals surface area contributed by atoms with Crippen LogP contribution in [0.15, 0.2) is 35.2 Å². The van der Waals surface area contributed by atoms with Crippen molar-refractivity contribution in [3.63, 3.8) is 0 Å². The molecule has 3 nitrogen and oxygen atoms in total. The van der Waals surface area contributed by atoms with Gasteiger partial charge in [-0.2, -0.15) is 0 Å². The van der Waals surface area contributed by atoms with Crippen molar-refractivity contribution in [2.24, 2.45) is 5.73 Å². The van der Waals surface area contributed by atoms with Crippen LogP contribution in [0.5, 0.6) is 0 Å². The summed E-state index contributed by atoms with van der Waals surface area (Å²) in [7, 11) is 0. The number of thioether (sulfide) groups is 1. The fourth-order valence-electron chi connectivity index (χ4n) is 0.988. The number of hydrogen-bond donors (Lipinski definition) is 2. The minimum Gasteiger partial charge on any atom is -0.480 e. The third kappa shape index (κ3) is 3.05. The molecule has 0 aromatic heterocycles. The number of rotatable bonds is 4. The van der Waals surface area contributed by atoms with Crippen LogP contribution in [0.25, 0.3) is 0 Å². The minimum absolute atomic E-state index is 0.130. The van der Waals surface area contributed by atoms with Crippen LogP contribution in [-0.2, 0) is 4.79 Å². The van der Waals surface area contributed by atoms with E-state index in [1.54, 1.807) is 0 Å². The van der Waals surface area contributed by atoms with Gasteiger partial charge < -0.3 is 10.8 Å². The van der Waals surface area contributed by atoms with Crippen molar-refractivity contribution in [3.8, 4) is 0 Å². The quantitative estimate of drug-likeness (QED) is 0.742. The molecule has 4 heteroatoms. The molecule has 1 aromatic carbocycles. The molecule has 1 aromatic rings. The van der Waals surface area contributed by atoms with Gasteiger partial charge in [-0.05, 0) is 12.1 Å². The van der Waals surface area contributed by atoms with Gasteiger partial charge >= 0.3 is 5.97 Å². The predicted molar refractivity (Wildman–Crippen MR) is 57.4 cm³/mol. The van der Waals surface area contributed by atoms with Crippen LogP contribution in [0.2, 0.25) is 0 Å². The first-order valence-corrected chi connectivity index (χ1v) is 5.19. The summed E-state index contributed by atoms with van der Waals surface area (Å²) in [4.78, 5) is 11.6. The van der Waals surface area contributed by atoms with Gasteiger partial charge in [0.2, 0.25) is 0 Å². The second-order valence-electron chi connectivity index (χ2n) is 3.00. The number of hydrogen-bond acceptors (Lipinski definition) is 3. The normalized spacial score (nSPS) is 14.7. The van der Waals surface area contributed by atoms with Crippen molar-refractivity contribution in [3.05, 3.63) is 30.3 Å². The predicted octanol–water partition coefficient (Wildman–Crippen LogP) is 1.58. The number of aliphatic carboxylic acids is 1. The largest absolute Gasteiger partial charge is 0.480 e. The highest BCUT2D eigenvalue weighted by Crippen LogP contribution is 2.23. The Morgan fingerprint density at radius 1 is 1.43 bits per heavy atom. The van der Waals surface area contributed by atoms with E-state index in [0.717, 1.165) is 4.90 Å². The van der Waals surface area contributed by atoms with Crippen LogP contribution in [0.1, 0.15) is 6.92 Å². The first-order chi connectivity index (χ1) is 6.61. The van der Waals surface area contributed by atoms with Crippen LogP contribution < -0.4 is 5.73 Å². The van der Waals surface area contributed by atoms with Crippen molar-refractivity contribution >= 4 is 17.7 Å². The van der Waals surface area contributed by atoms with E-state index in [0.29, 0.717) is 0 Å². The van der Waals surface area contributed by atoms with Crippen LogP contribution in [0, 0.1) is 0 Å². The molecule has 0 heterocycles. The number of carbonyl (C=O) groups is 1. The molecule has 0 aliphatic heterocycles. The topological polar surface area (TPSA) is 63.3 Å². The Hall–Kier alpha value is -1.00. The van der Waals surface area contributed by atoms with E-state index < -0.39 is 12.0 Å². The van der Waals surface area contributed by atoms with Gasteiger partial charge in [0.1, 0.15) is 6.04 Å². The van der Waals surface area contributed by atoms with E-state index in [9.17, 15) is 4.79 Å². The van der Waals surface area contributed by atoms with Crippen LogP contribution in [-0.4, -0.2) is 22.4 Å². The Labute approximate surface area is 87.3 Å². The van der Waals surface area contributed by atoms with Gasteiger partial charge in [-0.25, -0.2) is 0 Å². The standard InChI is InChI=1S/C10H13NO2S/c1-7(9(11)10(12)13)14-8-5-3-2-4-6-8/h2-7,9H,11H2,1H3,(H,12,13)/t7-,9+/m1/s1. The van der Waals surface area contributed by atoms with Gasteiger partial charge in [0, 0.05) is 10.1 Å². The van der Waals surface area contributed by atoms with E-state index in [-0.39, 0.29) is 5.25 Å². The molecule has 0 amide bonds. The minimum atomic E-state index is -0.957. The van der Waals surface area contributed by atoms with Crippen molar-refractivity contribution in [1.82, 2.24) is 0 Å². The highest BCUT2D eigenvalue weighted by Gasteiger charge is 2.20. The maximum atomic E-state index is 10.6. The summed E-state index contributed by atoms with van der Waals surface area (Å²) in [6, 6.07) is 8.82. The van der Waals surface area contributed by atoms with E-state index >= 15 is 0 Å². The molecule has 0 saturated heterocycles. The summed E-state index contributed by atoms with van der Waals surface area (Å²) in [6.45, 7) is 1.82. The zero-order valence-corrected chi connectivity index (χ0v) is 8.70. The summed E-state index contributed by atoms with van der Waals surface area (Å²) in [6.07, 6.45) is 0. The van der Waals surface area contributed by atoms with Crippen molar-refractivity contribution in [2.75, 3.05) is 0 Å². The molecule has 0 fully saturated rings. The molecule has 0 unspecified atom stereocenters. The Morgan fingerprint density at radius 2 is 2.00 bits per heavy atom. The van der Waals surface area contributed by atoms with E-state index in [4.69, 9.17) is 10.8 Å². The van der Waals surface area contributed by atoms with Crippen molar-refractivity contribution < 1.29 is 9.90 Å². The molecule has 0 bridgehead atoms. The van der Waals surface area contributed by atoms with Crippen LogP contribution >= 0.6 is 11.8 Å². The Kier molecular flexibility index (Phi) is 3.98. The zero-order chi connectivity index (χ0) is 10.6. The third-order valence-electron chi connectivity index (χ3n) is 1.86. The zero-order valence-electron chi connectivity index (χ0n) is 7.88. The molecule has 76 valence electrons. The van der Waals surface area contributed by atoms with Crippen molar-refractivity contribution in [2.45, 2.75) is 23.1 Å². The summed E-state index contributed by atoms with van der Waals surface area (Å²) in [5.74, 6) is -0.957. The smallest absolute Gasteiger partial charge is 0.321 e. The molecule has 1 rings (SSSR count). The molecule has 0 radical (unpaired) electrons. The second-order valence-corrected chi connectivity index (χ2v) is 4.45. The maximum Gasteiger partial charge on any atom is 0.321 e. The lowest BCUT2D eigenvalue weighted by atomic mass is 10.2. The molecule has 0 spiro atoms.